The first kappa shape index (κ1) is 24.9. The zero-order valence-corrected chi connectivity index (χ0v) is 21.4. The van der Waals surface area contributed by atoms with Crippen LogP contribution in [0.25, 0.3) is 10.2 Å². The highest BCUT2D eigenvalue weighted by Gasteiger charge is 2.22. The molecule has 9 heteroatoms. The van der Waals surface area contributed by atoms with Gasteiger partial charge >= 0.3 is 0 Å². The van der Waals surface area contributed by atoms with Crippen LogP contribution in [0.5, 0.6) is 17.2 Å². The summed E-state index contributed by atoms with van der Waals surface area (Å²) in [6.45, 7) is 3.48. The van der Waals surface area contributed by atoms with Gasteiger partial charge in [0.05, 0.1) is 37.8 Å². The number of carbonyl (C=O) groups excluding carboxylic acids is 2. The van der Waals surface area contributed by atoms with E-state index in [4.69, 9.17) is 14.2 Å². The highest BCUT2D eigenvalue weighted by Crippen LogP contribution is 2.38. The van der Waals surface area contributed by atoms with E-state index in [2.05, 4.69) is 10.1 Å². The molecular formula is C27H25N3O5S. The Kier molecular flexibility index (Phi) is 7.30. The Morgan fingerprint density at radius 3 is 2.14 bits per heavy atom. The minimum atomic E-state index is -0.385. The second-order valence-corrected chi connectivity index (χ2v) is 8.93. The van der Waals surface area contributed by atoms with E-state index in [1.165, 1.54) is 50.8 Å². The summed E-state index contributed by atoms with van der Waals surface area (Å²) in [6.07, 6.45) is 1.53. The van der Waals surface area contributed by atoms with E-state index in [9.17, 15) is 9.59 Å². The predicted molar refractivity (Wildman–Crippen MR) is 141 cm³/mol. The average molecular weight is 504 g/mol. The van der Waals surface area contributed by atoms with Gasteiger partial charge < -0.3 is 14.2 Å². The van der Waals surface area contributed by atoms with E-state index in [-0.39, 0.29) is 11.7 Å². The van der Waals surface area contributed by atoms with E-state index in [1.807, 2.05) is 25.1 Å². The van der Waals surface area contributed by atoms with Gasteiger partial charge in [0, 0.05) is 16.7 Å². The molecule has 0 fully saturated rings. The number of hydrogen-bond acceptors (Lipinski definition) is 8. The van der Waals surface area contributed by atoms with Gasteiger partial charge in [-0.15, -0.1) is 0 Å². The van der Waals surface area contributed by atoms with E-state index in [0.29, 0.717) is 39.1 Å². The number of benzene rings is 3. The molecule has 0 bridgehead atoms. The number of carbonyl (C=O) groups is 2. The van der Waals surface area contributed by atoms with Crippen LogP contribution in [-0.2, 0) is 0 Å². The molecule has 0 atom stereocenters. The molecule has 1 heterocycles. The summed E-state index contributed by atoms with van der Waals surface area (Å²) < 4.78 is 17.2. The molecule has 0 N–H and O–H groups in total. The Balaban J connectivity index is 1.78. The van der Waals surface area contributed by atoms with Gasteiger partial charge in [-0.2, -0.15) is 10.1 Å². The second-order valence-electron chi connectivity index (χ2n) is 7.92. The van der Waals surface area contributed by atoms with Crippen LogP contribution >= 0.6 is 11.3 Å². The lowest BCUT2D eigenvalue weighted by Gasteiger charge is -2.15. The average Bonchev–Trinajstić information content (AvgIpc) is 3.30. The standard InChI is InChI=1S/C27H25N3O5S/c1-16-6-11-21-24(12-16)36-27(29-21)30(26(32)20-9-7-19(8-10-20)17(2)31)28-15-18-13-22(33-3)25(35-5)23(14-18)34-4/h6-15H,1-5H3/b28-15+. The van der Waals surface area contributed by atoms with E-state index >= 15 is 0 Å². The van der Waals surface area contributed by atoms with E-state index < -0.39 is 0 Å². The first-order valence-electron chi connectivity index (χ1n) is 11.0. The minimum absolute atomic E-state index is 0.0761. The maximum Gasteiger partial charge on any atom is 0.280 e. The third-order valence-electron chi connectivity index (χ3n) is 5.45. The molecule has 1 amide bonds. The third kappa shape index (κ3) is 5.06. The fraction of sp³-hybridized carbons (Fsp3) is 0.185. The molecule has 0 unspecified atom stereocenters. The summed E-state index contributed by atoms with van der Waals surface area (Å²) in [6, 6.07) is 15.8. The highest BCUT2D eigenvalue weighted by atomic mass is 32.1. The van der Waals surface area contributed by atoms with Gasteiger partial charge in [-0.3, -0.25) is 9.59 Å². The summed E-state index contributed by atoms with van der Waals surface area (Å²) in [5.41, 5.74) is 3.39. The van der Waals surface area contributed by atoms with Gasteiger partial charge in [0.15, 0.2) is 17.3 Å². The summed E-state index contributed by atoms with van der Waals surface area (Å²) in [7, 11) is 4.59. The number of anilines is 1. The topological polar surface area (TPSA) is 90.3 Å². The maximum absolute atomic E-state index is 13.6. The Morgan fingerprint density at radius 1 is 0.917 bits per heavy atom. The summed E-state index contributed by atoms with van der Waals surface area (Å²) in [5.74, 6) is 0.924. The summed E-state index contributed by atoms with van der Waals surface area (Å²) >= 11 is 1.36. The van der Waals surface area contributed by atoms with Gasteiger partial charge in [0.25, 0.3) is 5.91 Å². The van der Waals surface area contributed by atoms with Crippen LogP contribution < -0.4 is 19.2 Å². The number of ether oxygens (including phenoxy) is 3. The van der Waals surface area contributed by atoms with E-state index in [0.717, 1.165) is 15.8 Å². The summed E-state index contributed by atoms with van der Waals surface area (Å²) in [5, 5.41) is 6.18. The quantitative estimate of drug-likeness (QED) is 0.179. The number of fused-ring (bicyclic) bond motifs is 1. The van der Waals surface area contributed by atoms with Gasteiger partial charge in [-0.25, -0.2) is 4.98 Å². The number of nitrogens with zero attached hydrogens (tertiary/aromatic N) is 3. The van der Waals surface area contributed by atoms with Crippen molar-refractivity contribution in [2.45, 2.75) is 13.8 Å². The normalized spacial score (nSPS) is 11.0. The number of rotatable bonds is 8. The third-order valence-corrected chi connectivity index (χ3v) is 6.45. The van der Waals surface area contributed by atoms with E-state index in [1.54, 1.807) is 36.4 Å². The van der Waals surface area contributed by atoms with Crippen LogP contribution in [0.15, 0.2) is 59.7 Å². The lowest BCUT2D eigenvalue weighted by molar-refractivity contribution is 0.0983. The smallest absolute Gasteiger partial charge is 0.280 e. The Hall–Kier alpha value is -4.24. The van der Waals surface area contributed by atoms with Crippen molar-refractivity contribution in [3.8, 4) is 17.2 Å². The van der Waals surface area contributed by atoms with Crippen molar-refractivity contribution in [2.75, 3.05) is 26.3 Å². The maximum atomic E-state index is 13.6. The van der Waals surface area contributed by atoms with Gasteiger partial charge in [0.1, 0.15) is 0 Å². The molecule has 0 spiro atoms. The molecule has 4 aromatic rings. The first-order valence-corrected chi connectivity index (χ1v) is 11.8. The van der Waals surface area contributed by atoms with Crippen molar-refractivity contribution in [2.24, 2.45) is 5.10 Å². The number of aromatic nitrogens is 1. The van der Waals surface area contributed by atoms with Gasteiger partial charge in [-0.1, -0.05) is 29.5 Å². The second kappa shape index (κ2) is 10.6. The van der Waals surface area contributed by atoms with Crippen molar-refractivity contribution in [1.29, 1.82) is 0 Å². The number of amides is 1. The molecule has 184 valence electrons. The van der Waals surface area contributed by atoms with Crippen LogP contribution in [-0.4, -0.2) is 44.2 Å². The van der Waals surface area contributed by atoms with Crippen LogP contribution in [0, 0.1) is 6.92 Å². The molecule has 36 heavy (non-hydrogen) atoms. The highest BCUT2D eigenvalue weighted by molar-refractivity contribution is 7.22. The number of hydrazone groups is 1. The Morgan fingerprint density at radius 2 is 1.56 bits per heavy atom. The van der Waals surface area contributed by atoms with Crippen molar-refractivity contribution in [3.05, 3.63) is 76.9 Å². The Bertz CT molecular complexity index is 1440. The zero-order chi connectivity index (χ0) is 25.8. The van der Waals surface area contributed by atoms with Crippen LogP contribution in [0.4, 0.5) is 5.13 Å². The zero-order valence-electron chi connectivity index (χ0n) is 20.6. The van der Waals surface area contributed by atoms with Crippen molar-refractivity contribution in [3.63, 3.8) is 0 Å². The van der Waals surface area contributed by atoms with Crippen molar-refractivity contribution >= 4 is 44.6 Å². The molecule has 0 saturated heterocycles. The van der Waals surface area contributed by atoms with Gasteiger partial charge in [-0.05, 0) is 55.8 Å². The lowest BCUT2D eigenvalue weighted by Crippen LogP contribution is -2.25. The minimum Gasteiger partial charge on any atom is -0.493 e. The first-order chi connectivity index (χ1) is 17.3. The molecular weight excluding hydrogens is 478 g/mol. The van der Waals surface area contributed by atoms with Crippen LogP contribution in [0.1, 0.15) is 38.8 Å². The molecule has 0 aliphatic heterocycles. The lowest BCUT2D eigenvalue weighted by atomic mass is 10.1. The number of aryl methyl sites for hydroxylation is 1. The number of ketones is 1. The van der Waals surface area contributed by atoms with Crippen LogP contribution in [0.2, 0.25) is 0 Å². The SMILES string of the molecule is COc1cc(/C=N/N(C(=O)c2ccc(C(C)=O)cc2)c2nc3ccc(C)cc3s2)cc(OC)c1OC. The molecule has 1 aromatic heterocycles. The number of methoxy groups -OCH3 is 3. The fourth-order valence-electron chi connectivity index (χ4n) is 3.57. The fourth-order valence-corrected chi connectivity index (χ4v) is 4.59. The molecule has 0 radical (unpaired) electrons. The van der Waals surface area contributed by atoms with Crippen molar-refractivity contribution in [1.82, 2.24) is 4.98 Å². The van der Waals surface area contributed by atoms with Crippen LogP contribution in [0.3, 0.4) is 0 Å². The largest absolute Gasteiger partial charge is 0.493 e. The summed E-state index contributed by atoms with van der Waals surface area (Å²) in [4.78, 5) is 29.9. The molecule has 0 aliphatic rings. The molecule has 8 nitrogen and oxygen atoms in total. The van der Waals surface area contributed by atoms with Crippen molar-refractivity contribution < 1.29 is 23.8 Å². The molecule has 0 saturated carbocycles. The monoisotopic (exact) mass is 503 g/mol. The Labute approximate surface area is 212 Å². The number of hydrogen-bond donors (Lipinski definition) is 0. The predicted octanol–water partition coefficient (Wildman–Crippen LogP) is 5.51. The molecule has 0 aliphatic carbocycles. The van der Waals surface area contributed by atoms with Gasteiger partial charge in [0.2, 0.25) is 10.9 Å². The number of Topliss-reactive ketones (excluding diaryl/α,β-unsaturated/α-hetero) is 1. The molecule has 4 rings (SSSR count). The number of thiazole rings is 1. The molecule has 3 aromatic carbocycles.